The van der Waals surface area contributed by atoms with E-state index in [-0.39, 0.29) is 6.10 Å². The Morgan fingerprint density at radius 3 is 2.53 bits per heavy atom. The summed E-state index contributed by atoms with van der Waals surface area (Å²) in [5, 5.41) is 9.86. The van der Waals surface area contributed by atoms with Crippen molar-refractivity contribution in [1.82, 2.24) is 4.90 Å². The van der Waals surface area contributed by atoms with Gasteiger partial charge in [0.05, 0.1) is 13.2 Å². The molecule has 0 bridgehead atoms. The molecule has 1 saturated carbocycles. The number of likely N-dealkylation sites (N-methyl/N-ethyl adjacent to an activating group) is 1. The van der Waals surface area contributed by atoms with Gasteiger partial charge in [-0.1, -0.05) is 12.1 Å². The molecule has 0 spiro atoms. The Balaban J connectivity index is 1.95. The molecule has 1 aliphatic rings. The number of hydrogen-bond donors (Lipinski definition) is 1. The van der Waals surface area contributed by atoms with Crippen molar-refractivity contribution in [2.45, 2.75) is 38.0 Å². The molecule has 2 atom stereocenters. The maximum absolute atomic E-state index is 9.86. The zero-order valence-electron chi connectivity index (χ0n) is 10.6. The summed E-state index contributed by atoms with van der Waals surface area (Å²) < 4.78 is 5.14. The second-order valence-corrected chi connectivity index (χ2v) is 4.83. The zero-order chi connectivity index (χ0) is 12.3. The van der Waals surface area contributed by atoms with E-state index in [1.54, 1.807) is 7.11 Å². The second kappa shape index (κ2) is 5.52. The maximum Gasteiger partial charge on any atom is 0.118 e. The number of aliphatic hydroxyl groups is 1. The maximum atomic E-state index is 9.86. The highest BCUT2D eigenvalue weighted by Gasteiger charge is 2.28. The number of hydrogen-bond acceptors (Lipinski definition) is 3. The number of benzene rings is 1. The molecule has 0 amide bonds. The van der Waals surface area contributed by atoms with Crippen LogP contribution in [0.3, 0.4) is 0 Å². The van der Waals surface area contributed by atoms with Gasteiger partial charge in [0.25, 0.3) is 0 Å². The summed E-state index contributed by atoms with van der Waals surface area (Å²) in [6.45, 7) is 0.881. The highest BCUT2D eigenvalue weighted by Crippen LogP contribution is 2.24. The van der Waals surface area contributed by atoms with Crippen molar-refractivity contribution in [3.63, 3.8) is 0 Å². The van der Waals surface area contributed by atoms with E-state index in [1.807, 2.05) is 12.1 Å². The molecule has 1 fully saturated rings. The summed E-state index contributed by atoms with van der Waals surface area (Å²) in [6.07, 6.45) is 3.03. The first-order valence-electron chi connectivity index (χ1n) is 6.22. The van der Waals surface area contributed by atoms with Gasteiger partial charge in [-0.05, 0) is 44.0 Å². The second-order valence-electron chi connectivity index (χ2n) is 4.83. The fourth-order valence-corrected chi connectivity index (χ4v) is 2.57. The lowest BCUT2D eigenvalue weighted by atomic mass is 10.1. The van der Waals surface area contributed by atoms with Crippen LogP contribution in [0.1, 0.15) is 24.8 Å². The summed E-state index contributed by atoms with van der Waals surface area (Å²) >= 11 is 0. The van der Waals surface area contributed by atoms with Gasteiger partial charge in [0, 0.05) is 12.6 Å². The molecule has 0 heterocycles. The van der Waals surface area contributed by atoms with Gasteiger partial charge in [0.1, 0.15) is 5.75 Å². The fraction of sp³-hybridized carbons (Fsp3) is 0.571. The average Bonchev–Trinajstić information content (AvgIpc) is 2.76. The molecule has 17 heavy (non-hydrogen) atoms. The van der Waals surface area contributed by atoms with E-state index in [9.17, 15) is 5.11 Å². The lowest BCUT2D eigenvalue weighted by Gasteiger charge is -2.27. The van der Waals surface area contributed by atoms with Crippen molar-refractivity contribution in [2.75, 3.05) is 14.2 Å². The van der Waals surface area contributed by atoms with Gasteiger partial charge in [-0.15, -0.1) is 0 Å². The molecule has 3 heteroatoms. The molecule has 1 aliphatic carbocycles. The molecule has 0 aliphatic heterocycles. The van der Waals surface area contributed by atoms with Crippen LogP contribution in [-0.4, -0.2) is 36.3 Å². The highest BCUT2D eigenvalue weighted by molar-refractivity contribution is 5.27. The Morgan fingerprint density at radius 2 is 2.00 bits per heavy atom. The quantitative estimate of drug-likeness (QED) is 0.867. The molecule has 0 unspecified atom stereocenters. The third kappa shape index (κ3) is 2.99. The van der Waals surface area contributed by atoms with Crippen molar-refractivity contribution in [2.24, 2.45) is 0 Å². The minimum Gasteiger partial charge on any atom is -0.497 e. The minimum atomic E-state index is -0.154. The van der Waals surface area contributed by atoms with Crippen LogP contribution in [0.4, 0.5) is 0 Å². The van der Waals surface area contributed by atoms with Crippen LogP contribution in [0.25, 0.3) is 0 Å². The topological polar surface area (TPSA) is 32.7 Å². The lowest BCUT2D eigenvalue weighted by Crippen LogP contribution is -2.36. The zero-order valence-corrected chi connectivity index (χ0v) is 10.6. The van der Waals surface area contributed by atoms with Crippen LogP contribution in [0.2, 0.25) is 0 Å². The van der Waals surface area contributed by atoms with E-state index >= 15 is 0 Å². The Labute approximate surface area is 103 Å². The summed E-state index contributed by atoms with van der Waals surface area (Å²) in [5.41, 5.74) is 1.26. The molecule has 1 aromatic rings. The number of rotatable bonds is 4. The average molecular weight is 235 g/mol. The number of ether oxygens (including phenoxy) is 1. The largest absolute Gasteiger partial charge is 0.497 e. The predicted molar refractivity (Wildman–Crippen MR) is 68.1 cm³/mol. The molecule has 0 saturated heterocycles. The highest BCUT2D eigenvalue weighted by atomic mass is 16.5. The van der Waals surface area contributed by atoms with Crippen molar-refractivity contribution < 1.29 is 9.84 Å². The van der Waals surface area contributed by atoms with Gasteiger partial charge in [0.15, 0.2) is 0 Å². The Bertz CT molecular complexity index is 350. The van der Waals surface area contributed by atoms with E-state index in [0.29, 0.717) is 6.04 Å². The first kappa shape index (κ1) is 12.4. The van der Waals surface area contributed by atoms with E-state index in [4.69, 9.17) is 4.74 Å². The summed E-state index contributed by atoms with van der Waals surface area (Å²) in [6, 6.07) is 8.44. The third-order valence-corrected chi connectivity index (χ3v) is 3.60. The Hall–Kier alpha value is -1.06. The third-order valence-electron chi connectivity index (χ3n) is 3.60. The van der Waals surface area contributed by atoms with Crippen LogP contribution in [0, 0.1) is 0 Å². The first-order valence-corrected chi connectivity index (χ1v) is 6.22. The van der Waals surface area contributed by atoms with Gasteiger partial charge >= 0.3 is 0 Å². The normalized spacial score (nSPS) is 24.2. The Morgan fingerprint density at radius 1 is 1.29 bits per heavy atom. The predicted octanol–water partition coefficient (Wildman–Crippen LogP) is 2.04. The van der Waals surface area contributed by atoms with E-state index in [2.05, 4.69) is 24.1 Å². The number of nitrogens with zero attached hydrogens (tertiary/aromatic N) is 1. The van der Waals surface area contributed by atoms with Gasteiger partial charge in [-0.2, -0.15) is 0 Å². The van der Waals surface area contributed by atoms with E-state index in [1.165, 1.54) is 5.56 Å². The standard InChI is InChI=1S/C14H21NO2/c1-15(13-4-3-5-14(13)16)10-11-6-8-12(17-2)9-7-11/h6-9,13-14,16H,3-5,10H2,1-2H3/t13-,14-/m0/s1. The van der Waals surface area contributed by atoms with Gasteiger partial charge in [-0.3, -0.25) is 4.90 Å². The Kier molecular flexibility index (Phi) is 4.02. The van der Waals surface area contributed by atoms with Crippen LogP contribution in [0.5, 0.6) is 5.75 Å². The smallest absolute Gasteiger partial charge is 0.118 e. The molecule has 0 radical (unpaired) electrons. The van der Waals surface area contributed by atoms with Gasteiger partial charge in [-0.25, -0.2) is 0 Å². The van der Waals surface area contributed by atoms with Gasteiger partial charge < -0.3 is 9.84 Å². The SMILES string of the molecule is COc1ccc(CN(C)[C@H]2CCC[C@@H]2O)cc1. The van der Waals surface area contributed by atoms with Gasteiger partial charge in [0.2, 0.25) is 0 Å². The number of aliphatic hydroxyl groups excluding tert-OH is 1. The van der Waals surface area contributed by atoms with E-state index < -0.39 is 0 Å². The monoisotopic (exact) mass is 235 g/mol. The van der Waals surface area contributed by atoms with E-state index in [0.717, 1.165) is 31.6 Å². The van der Waals surface area contributed by atoms with Crippen LogP contribution in [-0.2, 0) is 6.54 Å². The number of methoxy groups -OCH3 is 1. The van der Waals surface area contributed by atoms with Crippen molar-refractivity contribution in [1.29, 1.82) is 0 Å². The first-order chi connectivity index (χ1) is 8.20. The van der Waals surface area contributed by atoms with Crippen molar-refractivity contribution in [3.8, 4) is 5.75 Å². The van der Waals surface area contributed by atoms with Crippen LogP contribution < -0.4 is 4.74 Å². The molecule has 2 rings (SSSR count). The van der Waals surface area contributed by atoms with Crippen LogP contribution in [0.15, 0.2) is 24.3 Å². The van der Waals surface area contributed by atoms with Crippen molar-refractivity contribution in [3.05, 3.63) is 29.8 Å². The molecular formula is C14H21NO2. The molecule has 94 valence electrons. The van der Waals surface area contributed by atoms with Crippen LogP contribution >= 0.6 is 0 Å². The molecule has 1 N–H and O–H groups in total. The fourth-order valence-electron chi connectivity index (χ4n) is 2.57. The molecular weight excluding hydrogens is 214 g/mol. The summed E-state index contributed by atoms with van der Waals surface area (Å²) in [4.78, 5) is 2.25. The molecule has 1 aromatic carbocycles. The van der Waals surface area contributed by atoms with Crippen molar-refractivity contribution >= 4 is 0 Å². The molecule has 3 nitrogen and oxygen atoms in total. The molecule has 0 aromatic heterocycles. The summed E-state index contributed by atoms with van der Waals surface area (Å²) in [5.74, 6) is 0.886. The lowest BCUT2D eigenvalue weighted by molar-refractivity contribution is 0.0825. The minimum absolute atomic E-state index is 0.154. The summed E-state index contributed by atoms with van der Waals surface area (Å²) in [7, 11) is 3.76.